The van der Waals surface area contributed by atoms with E-state index in [1.54, 1.807) is 0 Å². The number of fused-ring (bicyclic) bond motifs is 1. The van der Waals surface area contributed by atoms with E-state index in [9.17, 15) is 4.79 Å². The highest BCUT2D eigenvalue weighted by molar-refractivity contribution is 5.98. The van der Waals surface area contributed by atoms with E-state index in [1.807, 2.05) is 30.0 Å². The van der Waals surface area contributed by atoms with Gasteiger partial charge in [-0.15, -0.1) is 0 Å². The molecule has 0 aromatic heterocycles. The summed E-state index contributed by atoms with van der Waals surface area (Å²) in [6.45, 7) is 2.79. The Morgan fingerprint density at radius 1 is 1.42 bits per heavy atom. The number of hydrogen-bond acceptors (Lipinski definition) is 3. The Labute approximate surface area is 113 Å². The second-order valence-corrected chi connectivity index (χ2v) is 5.45. The van der Waals surface area contributed by atoms with E-state index >= 15 is 0 Å². The van der Waals surface area contributed by atoms with Crippen molar-refractivity contribution in [3.63, 3.8) is 0 Å². The van der Waals surface area contributed by atoms with Crippen molar-refractivity contribution in [2.45, 2.75) is 44.8 Å². The normalized spacial score (nSPS) is 26.3. The zero-order valence-corrected chi connectivity index (χ0v) is 11.3. The topological polar surface area (TPSA) is 55.6 Å². The summed E-state index contributed by atoms with van der Waals surface area (Å²) in [5.41, 5.74) is 8.87. The molecule has 2 aliphatic rings. The molecule has 4 nitrogen and oxygen atoms in total. The predicted molar refractivity (Wildman–Crippen MR) is 75.1 cm³/mol. The average molecular weight is 260 g/mol. The maximum atomic E-state index is 12.6. The molecule has 1 aromatic carbocycles. The lowest BCUT2D eigenvalue weighted by atomic mass is 9.99. The van der Waals surface area contributed by atoms with E-state index in [4.69, 9.17) is 10.5 Å². The van der Waals surface area contributed by atoms with Crippen LogP contribution in [0.25, 0.3) is 0 Å². The fourth-order valence-corrected chi connectivity index (χ4v) is 3.04. The molecule has 2 atom stereocenters. The van der Waals surface area contributed by atoms with Crippen molar-refractivity contribution in [2.24, 2.45) is 0 Å². The number of ether oxygens (including phenoxy) is 1. The van der Waals surface area contributed by atoms with Gasteiger partial charge in [0, 0.05) is 17.9 Å². The molecular weight excluding hydrogens is 240 g/mol. The van der Waals surface area contributed by atoms with E-state index in [2.05, 4.69) is 0 Å². The van der Waals surface area contributed by atoms with Gasteiger partial charge in [0.15, 0.2) is 0 Å². The number of nitrogens with zero attached hydrogens (tertiary/aromatic N) is 1. The summed E-state index contributed by atoms with van der Waals surface area (Å²) in [5, 5.41) is 0. The van der Waals surface area contributed by atoms with Gasteiger partial charge in [0.1, 0.15) is 6.10 Å². The van der Waals surface area contributed by atoms with Crippen molar-refractivity contribution >= 4 is 17.3 Å². The third-order valence-electron chi connectivity index (χ3n) is 4.06. The average Bonchev–Trinajstić information content (AvgIpc) is 2.85. The summed E-state index contributed by atoms with van der Waals surface area (Å²) in [6, 6.07) is 5.81. The number of carbonyl (C=O) groups excluding carboxylic acids is 1. The summed E-state index contributed by atoms with van der Waals surface area (Å²) in [4.78, 5) is 14.4. The van der Waals surface area contributed by atoms with Gasteiger partial charge in [0.05, 0.1) is 6.10 Å². The van der Waals surface area contributed by atoms with Crippen LogP contribution in [0.3, 0.4) is 0 Å². The van der Waals surface area contributed by atoms with Gasteiger partial charge in [-0.05, 0) is 50.3 Å². The Hall–Kier alpha value is -1.55. The largest absolute Gasteiger partial charge is 0.398 e. The van der Waals surface area contributed by atoms with Crippen LogP contribution in [-0.4, -0.2) is 24.7 Å². The maximum Gasteiger partial charge on any atom is 0.256 e. The fourth-order valence-electron chi connectivity index (χ4n) is 3.04. The van der Waals surface area contributed by atoms with Crippen LogP contribution >= 0.6 is 0 Å². The molecule has 0 saturated carbocycles. The molecule has 1 saturated heterocycles. The van der Waals surface area contributed by atoms with Crippen molar-refractivity contribution in [2.75, 3.05) is 17.2 Å². The second kappa shape index (κ2) is 4.85. The first-order chi connectivity index (χ1) is 9.16. The van der Waals surface area contributed by atoms with Crippen LogP contribution in [0.15, 0.2) is 18.2 Å². The van der Waals surface area contributed by atoms with Gasteiger partial charge in [0.2, 0.25) is 0 Å². The fraction of sp³-hybridized carbons (Fsp3) is 0.533. The van der Waals surface area contributed by atoms with E-state index in [1.165, 1.54) is 0 Å². The van der Waals surface area contributed by atoms with Gasteiger partial charge in [-0.25, -0.2) is 0 Å². The van der Waals surface area contributed by atoms with Crippen molar-refractivity contribution in [3.8, 4) is 0 Å². The number of rotatable bonds is 1. The summed E-state index contributed by atoms with van der Waals surface area (Å²) >= 11 is 0. The lowest BCUT2D eigenvalue weighted by Gasteiger charge is -2.32. The molecule has 2 N–H and O–H groups in total. The third kappa shape index (κ3) is 2.21. The van der Waals surface area contributed by atoms with Crippen LogP contribution in [0.4, 0.5) is 11.4 Å². The first-order valence-electron chi connectivity index (χ1n) is 7.01. The molecule has 19 heavy (non-hydrogen) atoms. The molecule has 0 spiro atoms. The molecule has 0 radical (unpaired) electrons. The van der Waals surface area contributed by atoms with Crippen molar-refractivity contribution in [3.05, 3.63) is 23.8 Å². The Morgan fingerprint density at radius 3 is 3.00 bits per heavy atom. The van der Waals surface area contributed by atoms with E-state index in [-0.39, 0.29) is 18.1 Å². The zero-order chi connectivity index (χ0) is 13.4. The molecule has 1 amide bonds. The number of nitrogens with two attached hydrogens (primary N) is 1. The number of benzene rings is 1. The van der Waals surface area contributed by atoms with Crippen molar-refractivity contribution in [1.82, 2.24) is 0 Å². The summed E-state index contributed by atoms with van der Waals surface area (Å²) in [7, 11) is 0. The van der Waals surface area contributed by atoms with Gasteiger partial charge >= 0.3 is 0 Å². The maximum absolute atomic E-state index is 12.6. The molecule has 0 aliphatic carbocycles. The van der Waals surface area contributed by atoms with Crippen LogP contribution in [0.1, 0.15) is 31.7 Å². The number of anilines is 2. The highest BCUT2D eigenvalue weighted by Gasteiger charge is 2.34. The van der Waals surface area contributed by atoms with Crippen molar-refractivity contribution in [1.29, 1.82) is 0 Å². The lowest BCUT2D eigenvalue weighted by molar-refractivity contribution is -0.129. The number of nitrogen functional groups attached to an aromatic ring is 1. The van der Waals surface area contributed by atoms with Crippen LogP contribution in [0, 0.1) is 0 Å². The number of amides is 1. The first-order valence-corrected chi connectivity index (χ1v) is 7.01. The molecule has 1 aromatic rings. The number of hydrogen-bond donors (Lipinski definition) is 1. The molecule has 2 heterocycles. The lowest BCUT2D eigenvalue weighted by Crippen LogP contribution is -2.42. The second-order valence-electron chi connectivity index (χ2n) is 5.45. The quantitative estimate of drug-likeness (QED) is 0.787. The molecule has 4 heteroatoms. The standard InChI is InChI=1S/C15H20N2O2/c1-10-7-8-14(19-10)15(18)17-9-3-4-11-12(16)5-2-6-13(11)17/h2,5-6,10,14H,3-4,7-9,16H2,1H3. The highest BCUT2D eigenvalue weighted by atomic mass is 16.5. The minimum Gasteiger partial charge on any atom is -0.398 e. The van der Waals surface area contributed by atoms with Gasteiger partial charge in [-0.1, -0.05) is 6.07 Å². The zero-order valence-electron chi connectivity index (χ0n) is 11.3. The molecular formula is C15H20N2O2. The van der Waals surface area contributed by atoms with Crippen LogP contribution < -0.4 is 10.6 Å². The predicted octanol–water partition coefficient (Wildman–Crippen LogP) is 2.12. The first kappa shape index (κ1) is 12.5. The highest BCUT2D eigenvalue weighted by Crippen LogP contribution is 2.33. The molecule has 2 unspecified atom stereocenters. The smallest absolute Gasteiger partial charge is 0.256 e. The Balaban J connectivity index is 1.87. The molecule has 3 rings (SSSR count). The van der Waals surface area contributed by atoms with Crippen LogP contribution in [-0.2, 0) is 16.0 Å². The summed E-state index contributed by atoms with van der Waals surface area (Å²) < 4.78 is 5.70. The molecule has 0 bridgehead atoms. The summed E-state index contributed by atoms with van der Waals surface area (Å²) in [6.07, 6.45) is 3.63. The molecule has 102 valence electrons. The molecule has 1 fully saturated rings. The SMILES string of the molecule is CC1CCC(C(=O)N2CCCc3c(N)cccc32)O1. The van der Waals surface area contributed by atoms with Gasteiger partial charge in [-0.2, -0.15) is 0 Å². The molecule has 2 aliphatic heterocycles. The van der Waals surface area contributed by atoms with Gasteiger partial charge in [0.25, 0.3) is 5.91 Å². The third-order valence-corrected chi connectivity index (χ3v) is 4.06. The minimum absolute atomic E-state index is 0.0934. The van der Waals surface area contributed by atoms with E-state index in [0.717, 1.165) is 49.2 Å². The van der Waals surface area contributed by atoms with E-state index in [0.29, 0.717) is 0 Å². The van der Waals surface area contributed by atoms with Crippen LogP contribution in [0.2, 0.25) is 0 Å². The Bertz CT molecular complexity index is 501. The Kier molecular flexibility index (Phi) is 3.19. The summed E-state index contributed by atoms with van der Waals surface area (Å²) in [5.74, 6) is 0.0934. The van der Waals surface area contributed by atoms with Gasteiger partial charge in [-0.3, -0.25) is 4.79 Å². The van der Waals surface area contributed by atoms with Crippen LogP contribution in [0.5, 0.6) is 0 Å². The van der Waals surface area contributed by atoms with Gasteiger partial charge < -0.3 is 15.4 Å². The number of carbonyl (C=O) groups is 1. The van der Waals surface area contributed by atoms with E-state index < -0.39 is 0 Å². The Morgan fingerprint density at radius 2 is 2.26 bits per heavy atom. The monoisotopic (exact) mass is 260 g/mol. The minimum atomic E-state index is -0.276. The van der Waals surface area contributed by atoms with Crippen molar-refractivity contribution < 1.29 is 9.53 Å².